The Morgan fingerprint density at radius 1 is 1.53 bits per heavy atom. The highest BCUT2D eigenvalue weighted by Gasteiger charge is 2.34. The molecule has 2 heterocycles. The summed E-state index contributed by atoms with van der Waals surface area (Å²) in [6.07, 6.45) is 2.35. The zero-order valence-corrected chi connectivity index (χ0v) is 9.70. The molecule has 2 rings (SSSR count). The second kappa shape index (κ2) is 4.39. The molecular formula is C11H21N3O. The summed E-state index contributed by atoms with van der Waals surface area (Å²) < 4.78 is 0. The first-order valence-corrected chi connectivity index (χ1v) is 5.95. The van der Waals surface area contributed by atoms with Crippen LogP contribution in [0.2, 0.25) is 0 Å². The van der Waals surface area contributed by atoms with Crippen molar-refractivity contribution in [1.29, 1.82) is 0 Å². The number of fused-ring (bicyclic) bond motifs is 1. The van der Waals surface area contributed by atoms with E-state index in [1.165, 1.54) is 6.42 Å². The van der Waals surface area contributed by atoms with E-state index in [4.69, 9.17) is 0 Å². The van der Waals surface area contributed by atoms with Crippen LogP contribution >= 0.6 is 0 Å². The number of urea groups is 1. The number of nitrogens with zero attached hydrogens (tertiary/aromatic N) is 2. The lowest BCUT2D eigenvalue weighted by Gasteiger charge is -2.36. The maximum Gasteiger partial charge on any atom is 0.319 e. The molecule has 0 aliphatic carbocycles. The van der Waals surface area contributed by atoms with Gasteiger partial charge in [0, 0.05) is 32.7 Å². The topological polar surface area (TPSA) is 35.6 Å². The van der Waals surface area contributed by atoms with Gasteiger partial charge in [-0.1, -0.05) is 0 Å². The Hall–Kier alpha value is -0.770. The monoisotopic (exact) mass is 211 g/mol. The number of amides is 2. The number of carbonyl (C=O) groups excluding carboxylic acids is 1. The van der Waals surface area contributed by atoms with E-state index in [0.717, 1.165) is 32.6 Å². The molecule has 2 unspecified atom stereocenters. The number of rotatable bonds is 1. The molecule has 2 aliphatic heterocycles. The van der Waals surface area contributed by atoms with Gasteiger partial charge in [-0.05, 0) is 32.2 Å². The van der Waals surface area contributed by atoms with Crippen LogP contribution < -0.4 is 5.32 Å². The third-order valence-corrected chi connectivity index (χ3v) is 3.73. The van der Waals surface area contributed by atoms with E-state index < -0.39 is 0 Å². The number of hydrogen-bond donors (Lipinski definition) is 1. The minimum Gasteiger partial charge on any atom is -0.328 e. The van der Waals surface area contributed by atoms with E-state index >= 15 is 0 Å². The summed E-state index contributed by atoms with van der Waals surface area (Å²) in [5, 5.41) is 3.51. The molecule has 0 aromatic carbocycles. The van der Waals surface area contributed by atoms with Crippen LogP contribution in [0, 0.1) is 5.92 Å². The molecule has 0 aromatic rings. The number of likely N-dealkylation sites (tertiary alicyclic amines) is 1. The predicted octanol–water partition coefficient (Wildman–Crippen LogP) is 0.742. The largest absolute Gasteiger partial charge is 0.328 e. The van der Waals surface area contributed by atoms with Crippen LogP contribution in [0.5, 0.6) is 0 Å². The summed E-state index contributed by atoms with van der Waals surface area (Å²) in [5.41, 5.74) is 0. The fourth-order valence-corrected chi connectivity index (χ4v) is 2.60. The Balaban J connectivity index is 1.92. The van der Waals surface area contributed by atoms with Crippen LogP contribution in [0.15, 0.2) is 0 Å². The summed E-state index contributed by atoms with van der Waals surface area (Å²) >= 11 is 0. The van der Waals surface area contributed by atoms with Crippen molar-refractivity contribution in [2.45, 2.75) is 25.8 Å². The van der Waals surface area contributed by atoms with Crippen LogP contribution in [0.25, 0.3) is 0 Å². The van der Waals surface area contributed by atoms with Crippen molar-refractivity contribution >= 4 is 6.03 Å². The van der Waals surface area contributed by atoms with E-state index in [9.17, 15) is 4.79 Å². The molecule has 2 fully saturated rings. The highest BCUT2D eigenvalue weighted by atomic mass is 16.2. The lowest BCUT2D eigenvalue weighted by Crippen LogP contribution is -2.50. The summed E-state index contributed by atoms with van der Waals surface area (Å²) in [4.78, 5) is 15.8. The van der Waals surface area contributed by atoms with Crippen LogP contribution in [0.3, 0.4) is 0 Å². The number of carbonyl (C=O) groups is 1. The molecule has 2 aliphatic rings. The van der Waals surface area contributed by atoms with E-state index in [2.05, 4.69) is 5.32 Å². The molecule has 2 atom stereocenters. The molecule has 0 bridgehead atoms. The minimum atomic E-state index is 0.197. The average molecular weight is 211 g/mol. The van der Waals surface area contributed by atoms with Gasteiger partial charge in [0.15, 0.2) is 0 Å². The van der Waals surface area contributed by atoms with Gasteiger partial charge < -0.3 is 15.1 Å². The first kappa shape index (κ1) is 10.7. The molecular weight excluding hydrogens is 190 g/mol. The fraction of sp³-hybridized carbons (Fsp3) is 0.909. The van der Waals surface area contributed by atoms with Gasteiger partial charge in [-0.25, -0.2) is 4.79 Å². The highest BCUT2D eigenvalue weighted by molar-refractivity contribution is 5.74. The zero-order valence-electron chi connectivity index (χ0n) is 9.70. The van der Waals surface area contributed by atoms with Crippen molar-refractivity contribution in [2.24, 2.45) is 5.92 Å². The Morgan fingerprint density at radius 2 is 2.33 bits per heavy atom. The second-order valence-corrected chi connectivity index (χ2v) is 4.64. The minimum absolute atomic E-state index is 0.197. The summed E-state index contributed by atoms with van der Waals surface area (Å²) in [5.74, 6) is 0.688. The van der Waals surface area contributed by atoms with Crippen LogP contribution in [0.4, 0.5) is 4.79 Å². The van der Waals surface area contributed by atoms with Crippen molar-refractivity contribution in [2.75, 3.05) is 33.2 Å². The highest BCUT2D eigenvalue weighted by Crippen LogP contribution is 2.24. The normalized spacial score (nSPS) is 30.1. The standard InChI is InChI=1S/C11H21N3O/c1-3-13(2)11(15)14-7-5-10-9(8-14)4-6-12-10/h9-10,12H,3-8H2,1-2H3. The number of hydrogen-bond acceptors (Lipinski definition) is 2. The van der Waals surface area contributed by atoms with Gasteiger partial charge in [0.1, 0.15) is 0 Å². The lowest BCUT2D eigenvalue weighted by atomic mass is 9.93. The van der Waals surface area contributed by atoms with Gasteiger partial charge in [0.2, 0.25) is 0 Å². The van der Waals surface area contributed by atoms with Gasteiger partial charge in [-0.3, -0.25) is 0 Å². The molecule has 4 heteroatoms. The number of nitrogens with one attached hydrogen (secondary N) is 1. The molecule has 0 aromatic heterocycles. The van der Waals surface area contributed by atoms with Crippen molar-refractivity contribution < 1.29 is 4.79 Å². The summed E-state index contributed by atoms with van der Waals surface area (Å²) in [7, 11) is 1.88. The van der Waals surface area contributed by atoms with E-state index in [1.807, 2.05) is 18.9 Å². The Labute approximate surface area is 91.6 Å². The number of piperidine rings is 1. The Morgan fingerprint density at radius 3 is 3.07 bits per heavy atom. The molecule has 0 saturated carbocycles. The van der Waals surface area contributed by atoms with Crippen molar-refractivity contribution in [3.63, 3.8) is 0 Å². The first-order chi connectivity index (χ1) is 7.22. The van der Waals surface area contributed by atoms with E-state index in [0.29, 0.717) is 12.0 Å². The molecule has 15 heavy (non-hydrogen) atoms. The summed E-state index contributed by atoms with van der Waals surface area (Å²) in [6, 6.07) is 0.865. The molecule has 2 amide bonds. The second-order valence-electron chi connectivity index (χ2n) is 4.64. The predicted molar refractivity (Wildman–Crippen MR) is 59.8 cm³/mol. The van der Waals surface area contributed by atoms with Gasteiger partial charge in [0.05, 0.1) is 0 Å². The van der Waals surface area contributed by atoms with Crippen molar-refractivity contribution in [3.05, 3.63) is 0 Å². The fourth-order valence-electron chi connectivity index (χ4n) is 2.60. The third-order valence-electron chi connectivity index (χ3n) is 3.73. The molecule has 4 nitrogen and oxygen atoms in total. The lowest BCUT2D eigenvalue weighted by molar-refractivity contribution is 0.133. The van der Waals surface area contributed by atoms with Crippen LogP contribution in [0.1, 0.15) is 19.8 Å². The van der Waals surface area contributed by atoms with Gasteiger partial charge in [-0.15, -0.1) is 0 Å². The van der Waals surface area contributed by atoms with Gasteiger partial charge in [0.25, 0.3) is 0 Å². The molecule has 1 N–H and O–H groups in total. The smallest absolute Gasteiger partial charge is 0.319 e. The third kappa shape index (κ3) is 2.09. The van der Waals surface area contributed by atoms with Gasteiger partial charge in [-0.2, -0.15) is 0 Å². The summed E-state index contributed by atoms with van der Waals surface area (Å²) in [6.45, 7) is 5.79. The van der Waals surface area contributed by atoms with Gasteiger partial charge >= 0.3 is 6.03 Å². The maximum absolute atomic E-state index is 11.9. The van der Waals surface area contributed by atoms with Crippen LogP contribution in [-0.2, 0) is 0 Å². The molecule has 0 radical (unpaired) electrons. The van der Waals surface area contributed by atoms with Crippen LogP contribution in [-0.4, -0.2) is 55.1 Å². The first-order valence-electron chi connectivity index (χ1n) is 5.95. The Kier molecular flexibility index (Phi) is 3.14. The molecule has 0 spiro atoms. The van der Waals surface area contributed by atoms with Crippen molar-refractivity contribution in [1.82, 2.24) is 15.1 Å². The molecule has 2 saturated heterocycles. The van der Waals surface area contributed by atoms with E-state index in [1.54, 1.807) is 4.90 Å². The SMILES string of the molecule is CCN(C)C(=O)N1CCC2NCCC2C1. The maximum atomic E-state index is 11.9. The zero-order chi connectivity index (χ0) is 10.8. The average Bonchev–Trinajstić information content (AvgIpc) is 2.73. The quantitative estimate of drug-likeness (QED) is 0.694. The Bertz CT molecular complexity index is 244. The van der Waals surface area contributed by atoms with Crippen molar-refractivity contribution in [3.8, 4) is 0 Å². The molecule has 86 valence electrons. The van der Waals surface area contributed by atoms with E-state index in [-0.39, 0.29) is 6.03 Å².